The standard InChI is InChI=1S/C17H20N2OS/c1-12-5-4-6-13(2)16(12)19-17(20)18-11-14-7-9-15(21-3)10-8-14/h4-10H,11H2,1-3H3,(H2,18,19,20). The molecule has 21 heavy (non-hydrogen) atoms. The fourth-order valence-electron chi connectivity index (χ4n) is 2.10. The molecule has 0 atom stereocenters. The number of carbonyl (C=O) groups is 1. The first-order valence-corrected chi connectivity index (χ1v) is 8.06. The van der Waals surface area contributed by atoms with Gasteiger partial charge < -0.3 is 10.6 Å². The number of hydrogen-bond donors (Lipinski definition) is 2. The summed E-state index contributed by atoms with van der Waals surface area (Å²) in [5.74, 6) is 0. The van der Waals surface area contributed by atoms with Crippen LogP contribution in [0.4, 0.5) is 10.5 Å². The zero-order valence-electron chi connectivity index (χ0n) is 12.6. The van der Waals surface area contributed by atoms with E-state index in [1.165, 1.54) is 4.90 Å². The van der Waals surface area contributed by atoms with E-state index in [4.69, 9.17) is 0 Å². The lowest BCUT2D eigenvalue weighted by Gasteiger charge is -2.12. The molecule has 0 aliphatic rings. The predicted molar refractivity (Wildman–Crippen MR) is 90.0 cm³/mol. The van der Waals surface area contributed by atoms with Crippen LogP contribution in [0.15, 0.2) is 47.4 Å². The SMILES string of the molecule is CSc1ccc(CNC(=O)Nc2c(C)cccc2C)cc1. The molecular weight excluding hydrogens is 280 g/mol. The van der Waals surface area contributed by atoms with Crippen LogP contribution in [0.25, 0.3) is 0 Å². The van der Waals surface area contributed by atoms with Crippen LogP contribution in [0.2, 0.25) is 0 Å². The van der Waals surface area contributed by atoms with Crippen LogP contribution < -0.4 is 10.6 Å². The second-order valence-electron chi connectivity index (χ2n) is 4.92. The van der Waals surface area contributed by atoms with Gasteiger partial charge in [-0.3, -0.25) is 0 Å². The Morgan fingerprint density at radius 1 is 1.05 bits per heavy atom. The average molecular weight is 300 g/mol. The van der Waals surface area contributed by atoms with Crippen molar-refractivity contribution in [2.24, 2.45) is 0 Å². The molecule has 2 rings (SSSR count). The first kappa shape index (κ1) is 15.4. The molecule has 3 nitrogen and oxygen atoms in total. The Morgan fingerprint density at radius 2 is 1.67 bits per heavy atom. The lowest BCUT2D eigenvalue weighted by atomic mass is 10.1. The van der Waals surface area contributed by atoms with Crippen molar-refractivity contribution >= 4 is 23.5 Å². The monoisotopic (exact) mass is 300 g/mol. The van der Waals surface area contributed by atoms with E-state index in [9.17, 15) is 4.79 Å². The summed E-state index contributed by atoms with van der Waals surface area (Å²) >= 11 is 1.71. The Kier molecular flexibility index (Phi) is 5.28. The molecule has 0 aliphatic carbocycles. The summed E-state index contributed by atoms with van der Waals surface area (Å²) in [6.45, 7) is 4.50. The maximum atomic E-state index is 12.0. The summed E-state index contributed by atoms with van der Waals surface area (Å²) in [5.41, 5.74) is 4.10. The lowest BCUT2D eigenvalue weighted by Crippen LogP contribution is -2.28. The number of amides is 2. The van der Waals surface area contributed by atoms with E-state index in [2.05, 4.69) is 22.8 Å². The van der Waals surface area contributed by atoms with Crippen LogP contribution in [-0.2, 0) is 6.54 Å². The first-order chi connectivity index (χ1) is 10.1. The molecule has 2 aromatic carbocycles. The highest BCUT2D eigenvalue weighted by atomic mass is 32.2. The van der Waals surface area contributed by atoms with E-state index >= 15 is 0 Å². The molecule has 0 aliphatic heterocycles. The Hall–Kier alpha value is -1.94. The van der Waals surface area contributed by atoms with Crippen molar-refractivity contribution in [1.29, 1.82) is 0 Å². The van der Waals surface area contributed by atoms with Gasteiger partial charge in [-0.1, -0.05) is 30.3 Å². The zero-order chi connectivity index (χ0) is 15.2. The van der Waals surface area contributed by atoms with Crippen molar-refractivity contribution in [1.82, 2.24) is 5.32 Å². The number of nitrogens with one attached hydrogen (secondary N) is 2. The van der Waals surface area contributed by atoms with Crippen molar-refractivity contribution in [2.45, 2.75) is 25.3 Å². The third-order valence-corrected chi connectivity index (χ3v) is 4.08. The molecule has 0 spiro atoms. The molecule has 0 fully saturated rings. The van der Waals surface area contributed by atoms with Gasteiger partial charge in [-0.15, -0.1) is 11.8 Å². The van der Waals surface area contributed by atoms with E-state index in [-0.39, 0.29) is 6.03 Å². The molecule has 0 saturated carbocycles. The summed E-state index contributed by atoms with van der Waals surface area (Å²) in [6, 6.07) is 14.0. The molecule has 2 amide bonds. The molecule has 2 N–H and O–H groups in total. The quantitative estimate of drug-likeness (QED) is 0.824. The highest BCUT2D eigenvalue weighted by Crippen LogP contribution is 2.19. The van der Waals surface area contributed by atoms with Crippen LogP contribution >= 0.6 is 11.8 Å². The van der Waals surface area contributed by atoms with Crippen LogP contribution in [-0.4, -0.2) is 12.3 Å². The van der Waals surface area contributed by atoms with Gasteiger partial charge in [0.2, 0.25) is 0 Å². The maximum absolute atomic E-state index is 12.0. The first-order valence-electron chi connectivity index (χ1n) is 6.84. The fourth-order valence-corrected chi connectivity index (χ4v) is 2.50. The van der Waals surface area contributed by atoms with Crippen molar-refractivity contribution in [3.8, 4) is 0 Å². The topological polar surface area (TPSA) is 41.1 Å². The maximum Gasteiger partial charge on any atom is 0.319 e. The number of carbonyl (C=O) groups excluding carboxylic acids is 1. The van der Waals surface area contributed by atoms with Gasteiger partial charge >= 0.3 is 6.03 Å². The molecule has 110 valence electrons. The summed E-state index contributed by atoms with van der Waals surface area (Å²) in [4.78, 5) is 13.2. The Bertz CT molecular complexity index is 603. The number of anilines is 1. The van der Waals surface area contributed by atoms with Gasteiger partial charge in [0.1, 0.15) is 0 Å². The summed E-state index contributed by atoms with van der Waals surface area (Å²) in [6.07, 6.45) is 2.05. The molecule has 2 aromatic rings. The van der Waals surface area contributed by atoms with Crippen molar-refractivity contribution in [3.05, 3.63) is 59.2 Å². The van der Waals surface area contributed by atoms with Crippen LogP contribution in [0.3, 0.4) is 0 Å². The lowest BCUT2D eigenvalue weighted by molar-refractivity contribution is 0.251. The van der Waals surface area contributed by atoms with Gasteiger partial charge in [-0.05, 0) is 48.9 Å². The van der Waals surface area contributed by atoms with Crippen molar-refractivity contribution < 1.29 is 4.79 Å². The van der Waals surface area contributed by atoms with Gasteiger partial charge in [0, 0.05) is 17.1 Å². The minimum absolute atomic E-state index is 0.179. The number of aryl methyl sites for hydroxylation is 2. The van der Waals surface area contributed by atoms with Crippen LogP contribution in [0, 0.1) is 13.8 Å². The van der Waals surface area contributed by atoms with E-state index < -0.39 is 0 Å². The van der Waals surface area contributed by atoms with Crippen molar-refractivity contribution in [2.75, 3.05) is 11.6 Å². The van der Waals surface area contributed by atoms with Crippen LogP contribution in [0.1, 0.15) is 16.7 Å². The number of thioether (sulfide) groups is 1. The van der Waals surface area contributed by atoms with E-state index in [1.807, 2.05) is 50.4 Å². The Morgan fingerprint density at radius 3 is 2.24 bits per heavy atom. The third-order valence-electron chi connectivity index (χ3n) is 3.33. The Labute approximate surface area is 130 Å². The smallest absolute Gasteiger partial charge is 0.319 e. The summed E-state index contributed by atoms with van der Waals surface area (Å²) in [5, 5.41) is 5.80. The molecule has 0 bridgehead atoms. The molecule has 0 saturated heterocycles. The molecule has 0 heterocycles. The minimum atomic E-state index is -0.179. The van der Waals surface area contributed by atoms with Gasteiger partial charge in [-0.25, -0.2) is 4.79 Å². The highest BCUT2D eigenvalue weighted by molar-refractivity contribution is 7.98. The molecule has 0 unspecified atom stereocenters. The summed E-state index contributed by atoms with van der Waals surface area (Å²) in [7, 11) is 0. The normalized spacial score (nSPS) is 10.2. The predicted octanol–water partition coefficient (Wildman–Crippen LogP) is 4.35. The molecule has 4 heteroatoms. The number of rotatable bonds is 4. The van der Waals surface area contributed by atoms with E-state index in [1.54, 1.807) is 11.8 Å². The zero-order valence-corrected chi connectivity index (χ0v) is 13.4. The van der Waals surface area contributed by atoms with Crippen LogP contribution in [0.5, 0.6) is 0 Å². The van der Waals surface area contributed by atoms with E-state index in [0.29, 0.717) is 6.54 Å². The van der Waals surface area contributed by atoms with Gasteiger partial charge in [0.25, 0.3) is 0 Å². The molecule has 0 radical (unpaired) electrons. The minimum Gasteiger partial charge on any atom is -0.334 e. The van der Waals surface area contributed by atoms with E-state index in [0.717, 1.165) is 22.4 Å². The van der Waals surface area contributed by atoms with Gasteiger partial charge in [0.05, 0.1) is 0 Å². The number of benzene rings is 2. The average Bonchev–Trinajstić information content (AvgIpc) is 2.49. The number of para-hydroxylation sites is 1. The number of urea groups is 1. The number of hydrogen-bond acceptors (Lipinski definition) is 2. The second-order valence-corrected chi connectivity index (χ2v) is 5.80. The van der Waals surface area contributed by atoms with Crippen molar-refractivity contribution in [3.63, 3.8) is 0 Å². The van der Waals surface area contributed by atoms with Gasteiger partial charge in [-0.2, -0.15) is 0 Å². The third kappa shape index (κ3) is 4.26. The Balaban J connectivity index is 1.92. The highest BCUT2D eigenvalue weighted by Gasteiger charge is 2.06. The molecular formula is C17H20N2OS. The largest absolute Gasteiger partial charge is 0.334 e. The van der Waals surface area contributed by atoms with Gasteiger partial charge in [0.15, 0.2) is 0 Å². The molecule has 0 aromatic heterocycles. The fraction of sp³-hybridized carbons (Fsp3) is 0.235. The second kappa shape index (κ2) is 7.18. The summed E-state index contributed by atoms with van der Waals surface area (Å²) < 4.78 is 0.